The Balaban J connectivity index is 2.13. The first-order valence-electron chi connectivity index (χ1n) is 5.39. The third-order valence-corrected chi connectivity index (χ3v) is 4.01. The molecular weight excluding hydrogens is 240 g/mol. The molecule has 3 N–H and O–H groups in total. The average Bonchev–Trinajstić information content (AvgIpc) is 2.87. The number of amides is 1. The Morgan fingerprint density at radius 2 is 2.35 bits per heavy atom. The van der Waals surface area contributed by atoms with Crippen LogP contribution in [0.2, 0.25) is 0 Å². The van der Waals surface area contributed by atoms with Gasteiger partial charge in [0.2, 0.25) is 5.91 Å². The van der Waals surface area contributed by atoms with E-state index in [1.54, 1.807) is 18.7 Å². The van der Waals surface area contributed by atoms with E-state index in [0.717, 1.165) is 17.9 Å². The molecule has 1 fully saturated rings. The van der Waals surface area contributed by atoms with Crippen LogP contribution in [0, 0.1) is 12.8 Å². The van der Waals surface area contributed by atoms with Gasteiger partial charge >= 0.3 is 5.97 Å². The van der Waals surface area contributed by atoms with Crippen molar-refractivity contribution in [3.63, 3.8) is 0 Å². The topological polar surface area (TPSA) is 82.2 Å². The summed E-state index contributed by atoms with van der Waals surface area (Å²) >= 11 is 1.75. The van der Waals surface area contributed by atoms with Crippen molar-refractivity contribution >= 4 is 29.3 Å². The summed E-state index contributed by atoms with van der Waals surface area (Å²) in [5.74, 6) is 0.696. The summed E-state index contributed by atoms with van der Waals surface area (Å²) in [5.41, 5.74) is 1.05. The standard InChI is InChI=1S/C11H14N2O3S/c1-6-9(11(15)16)8(4-12-6)13-10(14)7-2-3-17-5-7/h4,7,12H,2-3,5H2,1H3,(H,13,14)(H,15,16). The number of nitrogens with one attached hydrogen (secondary N) is 2. The summed E-state index contributed by atoms with van der Waals surface area (Å²) in [5, 5.41) is 11.7. The van der Waals surface area contributed by atoms with Gasteiger partial charge in [0.1, 0.15) is 5.56 Å². The highest BCUT2D eigenvalue weighted by atomic mass is 32.2. The molecule has 1 aromatic heterocycles. The molecule has 1 aliphatic heterocycles. The van der Waals surface area contributed by atoms with E-state index in [9.17, 15) is 9.59 Å². The fourth-order valence-electron chi connectivity index (χ4n) is 1.88. The molecule has 1 unspecified atom stereocenters. The third-order valence-electron chi connectivity index (χ3n) is 2.85. The smallest absolute Gasteiger partial charge is 0.339 e. The number of aromatic carboxylic acids is 1. The number of hydrogen-bond acceptors (Lipinski definition) is 3. The third kappa shape index (κ3) is 2.46. The summed E-state index contributed by atoms with van der Waals surface area (Å²) in [6.07, 6.45) is 2.39. The van der Waals surface area contributed by atoms with Crippen molar-refractivity contribution in [1.82, 2.24) is 4.98 Å². The number of H-pyrrole nitrogens is 1. The molecule has 1 amide bonds. The Hall–Kier alpha value is -1.43. The Labute approximate surface area is 103 Å². The van der Waals surface area contributed by atoms with Crippen LogP contribution in [-0.2, 0) is 4.79 Å². The molecule has 5 nitrogen and oxygen atoms in total. The lowest BCUT2D eigenvalue weighted by atomic mass is 10.1. The first-order chi connectivity index (χ1) is 8.09. The maximum Gasteiger partial charge on any atom is 0.339 e. The van der Waals surface area contributed by atoms with Crippen molar-refractivity contribution in [2.75, 3.05) is 16.8 Å². The maximum atomic E-state index is 11.9. The molecule has 2 heterocycles. The fourth-order valence-corrected chi connectivity index (χ4v) is 3.10. The minimum absolute atomic E-state index is 0.00292. The minimum atomic E-state index is -1.03. The van der Waals surface area contributed by atoms with Gasteiger partial charge in [-0.2, -0.15) is 11.8 Å². The van der Waals surface area contributed by atoms with Crippen molar-refractivity contribution in [3.05, 3.63) is 17.5 Å². The number of aromatic nitrogens is 1. The van der Waals surface area contributed by atoms with Gasteiger partial charge in [0.25, 0.3) is 0 Å². The second-order valence-electron chi connectivity index (χ2n) is 4.06. The molecule has 2 rings (SSSR count). The van der Waals surface area contributed by atoms with Crippen molar-refractivity contribution in [2.45, 2.75) is 13.3 Å². The SMILES string of the molecule is Cc1[nH]cc(NC(=O)C2CCSC2)c1C(=O)O. The van der Waals surface area contributed by atoms with Crippen LogP contribution in [0.1, 0.15) is 22.5 Å². The van der Waals surface area contributed by atoms with Crippen LogP contribution >= 0.6 is 11.8 Å². The monoisotopic (exact) mass is 254 g/mol. The molecule has 1 aliphatic rings. The van der Waals surface area contributed by atoms with Crippen molar-refractivity contribution in [1.29, 1.82) is 0 Å². The highest BCUT2D eigenvalue weighted by Crippen LogP contribution is 2.26. The number of carbonyl (C=O) groups is 2. The average molecular weight is 254 g/mol. The summed E-state index contributed by atoms with van der Waals surface area (Å²) in [4.78, 5) is 25.7. The first-order valence-corrected chi connectivity index (χ1v) is 6.55. The van der Waals surface area contributed by atoms with E-state index >= 15 is 0 Å². The molecule has 1 saturated heterocycles. The second kappa shape index (κ2) is 4.83. The molecule has 0 saturated carbocycles. The summed E-state index contributed by atoms with van der Waals surface area (Å²) in [6.45, 7) is 1.67. The first kappa shape index (κ1) is 12.0. The minimum Gasteiger partial charge on any atom is -0.478 e. The molecule has 92 valence electrons. The molecule has 0 spiro atoms. The van der Waals surface area contributed by atoms with Gasteiger partial charge in [0.05, 0.1) is 5.69 Å². The van der Waals surface area contributed by atoms with E-state index in [-0.39, 0.29) is 17.4 Å². The van der Waals surface area contributed by atoms with Crippen molar-refractivity contribution in [2.24, 2.45) is 5.92 Å². The molecule has 0 bridgehead atoms. The molecule has 17 heavy (non-hydrogen) atoms. The number of aromatic amines is 1. The molecule has 6 heteroatoms. The van der Waals surface area contributed by atoms with E-state index in [0.29, 0.717) is 11.4 Å². The van der Waals surface area contributed by atoms with Crippen LogP contribution in [0.15, 0.2) is 6.20 Å². The van der Waals surface area contributed by atoms with Gasteiger partial charge in [0, 0.05) is 23.6 Å². The zero-order chi connectivity index (χ0) is 12.4. The van der Waals surface area contributed by atoms with E-state index in [1.807, 2.05) is 0 Å². The van der Waals surface area contributed by atoms with E-state index in [1.165, 1.54) is 6.20 Å². The lowest BCUT2D eigenvalue weighted by Crippen LogP contribution is -2.23. The van der Waals surface area contributed by atoms with E-state index in [4.69, 9.17) is 5.11 Å². The highest BCUT2D eigenvalue weighted by Gasteiger charge is 2.25. The van der Waals surface area contributed by atoms with Crippen LogP contribution < -0.4 is 5.32 Å². The molecule has 0 radical (unpaired) electrons. The Morgan fingerprint density at radius 1 is 1.59 bits per heavy atom. The predicted molar refractivity (Wildman–Crippen MR) is 66.6 cm³/mol. The summed E-state index contributed by atoms with van der Waals surface area (Å²) in [7, 11) is 0. The number of anilines is 1. The summed E-state index contributed by atoms with van der Waals surface area (Å²) < 4.78 is 0. The highest BCUT2D eigenvalue weighted by molar-refractivity contribution is 7.99. The summed E-state index contributed by atoms with van der Waals surface area (Å²) in [6, 6.07) is 0. The van der Waals surface area contributed by atoms with Crippen LogP contribution in [0.4, 0.5) is 5.69 Å². The Kier molecular flexibility index (Phi) is 3.42. The Bertz CT molecular complexity index is 450. The van der Waals surface area contributed by atoms with E-state index in [2.05, 4.69) is 10.3 Å². The van der Waals surface area contributed by atoms with Gasteiger partial charge < -0.3 is 15.4 Å². The largest absolute Gasteiger partial charge is 0.478 e. The lowest BCUT2D eigenvalue weighted by molar-refractivity contribution is -0.119. The van der Waals surface area contributed by atoms with Crippen LogP contribution in [0.25, 0.3) is 0 Å². The van der Waals surface area contributed by atoms with Gasteiger partial charge in [-0.1, -0.05) is 0 Å². The molecule has 0 aliphatic carbocycles. The van der Waals surface area contributed by atoms with Gasteiger partial charge in [-0.05, 0) is 19.1 Å². The molecule has 1 atom stereocenters. The van der Waals surface area contributed by atoms with Gasteiger partial charge in [-0.3, -0.25) is 4.79 Å². The predicted octanol–water partition coefficient (Wildman–Crippen LogP) is 1.71. The van der Waals surface area contributed by atoms with Crippen LogP contribution in [0.5, 0.6) is 0 Å². The van der Waals surface area contributed by atoms with Crippen molar-refractivity contribution in [3.8, 4) is 0 Å². The maximum absolute atomic E-state index is 11.9. The van der Waals surface area contributed by atoms with Gasteiger partial charge in [0.15, 0.2) is 0 Å². The molecule has 1 aromatic rings. The zero-order valence-corrected chi connectivity index (χ0v) is 10.3. The number of carboxylic acids is 1. The quantitative estimate of drug-likeness (QED) is 0.767. The zero-order valence-electron chi connectivity index (χ0n) is 9.45. The number of carbonyl (C=O) groups excluding carboxylic acids is 1. The lowest BCUT2D eigenvalue weighted by Gasteiger charge is -2.09. The fraction of sp³-hybridized carbons (Fsp3) is 0.455. The number of aryl methyl sites for hydroxylation is 1. The Morgan fingerprint density at radius 3 is 2.94 bits per heavy atom. The van der Waals surface area contributed by atoms with Gasteiger partial charge in [-0.25, -0.2) is 4.79 Å². The number of carboxylic acid groups (broad SMARTS) is 1. The van der Waals surface area contributed by atoms with Gasteiger partial charge in [-0.15, -0.1) is 0 Å². The van der Waals surface area contributed by atoms with E-state index < -0.39 is 5.97 Å². The number of hydrogen-bond donors (Lipinski definition) is 3. The second-order valence-corrected chi connectivity index (χ2v) is 5.21. The number of thioether (sulfide) groups is 1. The van der Waals surface area contributed by atoms with Crippen LogP contribution in [0.3, 0.4) is 0 Å². The molecular formula is C11H14N2O3S. The van der Waals surface area contributed by atoms with Crippen LogP contribution in [-0.4, -0.2) is 33.5 Å². The normalized spacial score (nSPS) is 19.2. The molecule has 0 aromatic carbocycles. The number of rotatable bonds is 3. The van der Waals surface area contributed by atoms with Crippen molar-refractivity contribution < 1.29 is 14.7 Å².